The van der Waals surface area contributed by atoms with E-state index in [1.807, 2.05) is 12.3 Å². The lowest BCUT2D eigenvalue weighted by Crippen LogP contribution is -2.03. The average molecular weight is 229 g/mol. The van der Waals surface area contributed by atoms with Gasteiger partial charge in [-0.1, -0.05) is 30.3 Å². The van der Waals surface area contributed by atoms with E-state index >= 15 is 0 Å². The smallest absolute Gasteiger partial charge is 0.0714 e. The predicted octanol–water partition coefficient (Wildman–Crippen LogP) is 2.46. The summed E-state index contributed by atoms with van der Waals surface area (Å²) in [6, 6.07) is 10.4. The van der Waals surface area contributed by atoms with E-state index in [4.69, 9.17) is 5.73 Å². The maximum atomic E-state index is 5.58. The number of hydrogen-bond acceptors (Lipinski definition) is 2. The van der Waals surface area contributed by atoms with Crippen LogP contribution < -0.4 is 5.73 Å². The van der Waals surface area contributed by atoms with E-state index in [0.717, 1.165) is 25.9 Å². The fourth-order valence-corrected chi connectivity index (χ4v) is 2.07. The molecule has 2 aromatic rings. The Morgan fingerprint density at radius 2 is 2.00 bits per heavy atom. The molecule has 0 radical (unpaired) electrons. The van der Waals surface area contributed by atoms with Gasteiger partial charge in [0.25, 0.3) is 0 Å². The molecule has 0 fully saturated rings. The summed E-state index contributed by atoms with van der Waals surface area (Å²) in [6.45, 7) is 3.74. The molecule has 0 aliphatic carbocycles. The Hall–Kier alpha value is -1.61. The van der Waals surface area contributed by atoms with Crippen molar-refractivity contribution >= 4 is 0 Å². The molecular weight excluding hydrogens is 210 g/mol. The van der Waals surface area contributed by atoms with Gasteiger partial charge >= 0.3 is 0 Å². The molecule has 0 atom stereocenters. The summed E-state index contributed by atoms with van der Waals surface area (Å²) in [5.41, 5.74) is 9.34. The van der Waals surface area contributed by atoms with Crippen LogP contribution in [-0.4, -0.2) is 16.3 Å². The third kappa shape index (κ3) is 2.56. The second-order valence-electron chi connectivity index (χ2n) is 4.09. The molecule has 0 aliphatic rings. The number of nitrogens with zero attached hydrogens (tertiary/aromatic N) is 2. The lowest BCUT2D eigenvalue weighted by molar-refractivity contribution is 0.666. The molecule has 90 valence electrons. The van der Waals surface area contributed by atoms with E-state index in [9.17, 15) is 0 Å². The summed E-state index contributed by atoms with van der Waals surface area (Å²) in [7, 11) is 0. The van der Waals surface area contributed by atoms with Crippen molar-refractivity contribution in [1.82, 2.24) is 9.78 Å². The first-order chi connectivity index (χ1) is 8.36. The summed E-state index contributed by atoms with van der Waals surface area (Å²) < 4.78 is 2.06. The van der Waals surface area contributed by atoms with Crippen LogP contribution in [0.3, 0.4) is 0 Å². The molecule has 2 rings (SSSR count). The van der Waals surface area contributed by atoms with E-state index < -0.39 is 0 Å². The average Bonchev–Trinajstić information content (AvgIpc) is 2.80. The first-order valence-electron chi connectivity index (χ1n) is 6.17. The Balaban J connectivity index is 2.39. The molecule has 0 aliphatic heterocycles. The molecule has 0 saturated carbocycles. The van der Waals surface area contributed by atoms with Crippen molar-refractivity contribution < 1.29 is 0 Å². The maximum Gasteiger partial charge on any atom is 0.0714 e. The van der Waals surface area contributed by atoms with Crippen molar-refractivity contribution in [2.24, 2.45) is 5.73 Å². The Morgan fingerprint density at radius 1 is 1.24 bits per heavy atom. The molecule has 3 heteroatoms. The van der Waals surface area contributed by atoms with Gasteiger partial charge < -0.3 is 5.73 Å². The number of rotatable bonds is 5. The van der Waals surface area contributed by atoms with Gasteiger partial charge in [-0.25, -0.2) is 0 Å². The normalized spacial score (nSPS) is 10.7. The number of nitrogens with two attached hydrogens (primary N) is 1. The highest BCUT2D eigenvalue weighted by molar-refractivity contribution is 5.63. The zero-order valence-electron chi connectivity index (χ0n) is 10.3. The van der Waals surface area contributed by atoms with Crippen LogP contribution in [0.5, 0.6) is 0 Å². The summed E-state index contributed by atoms with van der Waals surface area (Å²) in [6.07, 6.45) is 3.98. The topological polar surface area (TPSA) is 43.8 Å². The van der Waals surface area contributed by atoms with Gasteiger partial charge in [0.05, 0.1) is 11.9 Å². The van der Waals surface area contributed by atoms with Crippen molar-refractivity contribution in [2.45, 2.75) is 26.3 Å². The Morgan fingerprint density at radius 3 is 2.65 bits per heavy atom. The third-order valence-electron chi connectivity index (χ3n) is 2.91. The minimum absolute atomic E-state index is 0.728. The molecule has 0 bridgehead atoms. The van der Waals surface area contributed by atoms with Crippen molar-refractivity contribution in [3.05, 3.63) is 42.1 Å². The molecule has 1 heterocycles. The van der Waals surface area contributed by atoms with Crippen molar-refractivity contribution in [1.29, 1.82) is 0 Å². The van der Waals surface area contributed by atoms with E-state index in [0.29, 0.717) is 0 Å². The molecule has 0 saturated heterocycles. The summed E-state index contributed by atoms with van der Waals surface area (Å²) >= 11 is 0. The lowest BCUT2D eigenvalue weighted by atomic mass is 10.0. The number of benzene rings is 1. The number of hydrogen-bond donors (Lipinski definition) is 1. The summed E-state index contributed by atoms with van der Waals surface area (Å²) in [5.74, 6) is 0. The van der Waals surface area contributed by atoms with Gasteiger partial charge in [-0.3, -0.25) is 4.68 Å². The van der Waals surface area contributed by atoms with Crippen LogP contribution in [-0.2, 0) is 13.0 Å². The SMILES string of the molecule is CCn1ncc(CCCN)c1-c1ccccc1. The quantitative estimate of drug-likeness (QED) is 0.856. The van der Waals surface area contributed by atoms with Gasteiger partial charge in [0.15, 0.2) is 0 Å². The Labute approximate surface area is 102 Å². The van der Waals surface area contributed by atoms with Crippen molar-refractivity contribution in [2.75, 3.05) is 6.54 Å². The van der Waals surface area contributed by atoms with Crippen LogP contribution in [0.4, 0.5) is 0 Å². The van der Waals surface area contributed by atoms with Gasteiger partial charge in [0.1, 0.15) is 0 Å². The molecule has 0 unspecified atom stereocenters. The monoisotopic (exact) mass is 229 g/mol. The Kier molecular flexibility index (Phi) is 3.94. The fourth-order valence-electron chi connectivity index (χ4n) is 2.07. The van der Waals surface area contributed by atoms with Gasteiger partial charge in [-0.2, -0.15) is 5.10 Å². The zero-order valence-corrected chi connectivity index (χ0v) is 10.3. The Bertz CT molecular complexity index is 460. The van der Waals surface area contributed by atoms with E-state index in [2.05, 4.69) is 41.0 Å². The van der Waals surface area contributed by atoms with Crippen LogP contribution in [0.25, 0.3) is 11.3 Å². The van der Waals surface area contributed by atoms with E-state index in [1.54, 1.807) is 0 Å². The van der Waals surface area contributed by atoms with E-state index in [-0.39, 0.29) is 0 Å². The first kappa shape index (κ1) is 11.9. The van der Waals surface area contributed by atoms with E-state index in [1.165, 1.54) is 16.8 Å². The second kappa shape index (κ2) is 5.64. The molecule has 2 N–H and O–H groups in total. The molecule has 1 aromatic carbocycles. The van der Waals surface area contributed by atoms with Crippen LogP contribution in [0.15, 0.2) is 36.5 Å². The lowest BCUT2D eigenvalue weighted by Gasteiger charge is -2.08. The molecule has 3 nitrogen and oxygen atoms in total. The van der Waals surface area contributed by atoms with Gasteiger partial charge in [0, 0.05) is 12.1 Å². The largest absolute Gasteiger partial charge is 0.330 e. The predicted molar refractivity (Wildman–Crippen MR) is 70.7 cm³/mol. The van der Waals surface area contributed by atoms with Crippen LogP contribution in [0, 0.1) is 0 Å². The zero-order chi connectivity index (χ0) is 12.1. The molecule has 0 spiro atoms. The summed E-state index contributed by atoms with van der Waals surface area (Å²) in [4.78, 5) is 0. The molecular formula is C14H19N3. The fraction of sp³-hybridized carbons (Fsp3) is 0.357. The van der Waals surface area contributed by atoms with Crippen LogP contribution >= 0.6 is 0 Å². The van der Waals surface area contributed by atoms with Crippen molar-refractivity contribution in [3.63, 3.8) is 0 Å². The van der Waals surface area contributed by atoms with Crippen LogP contribution in [0.1, 0.15) is 18.9 Å². The first-order valence-corrected chi connectivity index (χ1v) is 6.17. The highest BCUT2D eigenvalue weighted by Gasteiger charge is 2.10. The highest BCUT2D eigenvalue weighted by Crippen LogP contribution is 2.24. The van der Waals surface area contributed by atoms with Crippen molar-refractivity contribution in [3.8, 4) is 11.3 Å². The number of aryl methyl sites for hydroxylation is 2. The number of aromatic nitrogens is 2. The maximum absolute atomic E-state index is 5.58. The minimum Gasteiger partial charge on any atom is -0.330 e. The van der Waals surface area contributed by atoms with Gasteiger partial charge in [-0.05, 0) is 31.9 Å². The second-order valence-corrected chi connectivity index (χ2v) is 4.09. The minimum atomic E-state index is 0.728. The standard InChI is InChI=1S/C14H19N3/c1-2-17-14(12-7-4-3-5-8-12)13(11-16-17)9-6-10-15/h3-5,7-8,11H,2,6,9-10,15H2,1H3. The molecule has 0 amide bonds. The highest BCUT2D eigenvalue weighted by atomic mass is 15.3. The molecule has 17 heavy (non-hydrogen) atoms. The van der Waals surface area contributed by atoms with Gasteiger partial charge in [0.2, 0.25) is 0 Å². The van der Waals surface area contributed by atoms with Gasteiger partial charge in [-0.15, -0.1) is 0 Å². The third-order valence-corrected chi connectivity index (χ3v) is 2.91. The van der Waals surface area contributed by atoms with Crippen LogP contribution in [0.2, 0.25) is 0 Å². The summed E-state index contributed by atoms with van der Waals surface area (Å²) in [5, 5.41) is 4.44. The molecule has 1 aromatic heterocycles.